The van der Waals surface area contributed by atoms with Crippen LogP contribution in [-0.2, 0) is 4.79 Å². The van der Waals surface area contributed by atoms with Crippen LogP contribution in [0.2, 0.25) is 0 Å². The summed E-state index contributed by atoms with van der Waals surface area (Å²) >= 11 is 2.47. The van der Waals surface area contributed by atoms with Crippen LogP contribution in [0.25, 0.3) is 0 Å². The molecule has 1 aliphatic rings. The van der Waals surface area contributed by atoms with Crippen molar-refractivity contribution in [1.29, 1.82) is 0 Å². The van der Waals surface area contributed by atoms with Gasteiger partial charge >= 0.3 is 0 Å². The molecule has 0 aliphatic carbocycles. The maximum absolute atomic E-state index is 12.3. The summed E-state index contributed by atoms with van der Waals surface area (Å²) in [4.78, 5) is 30.1. The molecule has 0 radical (unpaired) electrons. The minimum atomic E-state index is -0.465. The zero-order valence-corrected chi connectivity index (χ0v) is 12.0. The first-order valence-electron chi connectivity index (χ1n) is 6.04. The Balaban J connectivity index is 1.72. The topological polar surface area (TPSA) is 88.1 Å². The zero-order valence-electron chi connectivity index (χ0n) is 10.4. The zero-order chi connectivity index (χ0) is 13.9. The van der Waals surface area contributed by atoms with E-state index in [1.54, 1.807) is 21.9 Å². The second-order valence-electron chi connectivity index (χ2n) is 4.27. The summed E-state index contributed by atoms with van der Waals surface area (Å²) in [5.74, 6) is -0.440. The number of anilines is 1. The molecule has 9 heteroatoms. The van der Waals surface area contributed by atoms with Crippen LogP contribution in [0.5, 0.6) is 0 Å². The van der Waals surface area contributed by atoms with Crippen LogP contribution in [-0.4, -0.2) is 43.9 Å². The molecule has 1 saturated heterocycles. The number of hydrogen-bond donors (Lipinski definition) is 1. The van der Waals surface area contributed by atoms with E-state index in [0.29, 0.717) is 23.8 Å². The summed E-state index contributed by atoms with van der Waals surface area (Å²) < 4.78 is 3.68. The lowest BCUT2D eigenvalue weighted by Crippen LogP contribution is -2.43. The highest BCUT2D eigenvalue weighted by atomic mass is 32.1. The van der Waals surface area contributed by atoms with Gasteiger partial charge in [0.15, 0.2) is 10.8 Å². The SMILES string of the molecule is O=C(Nc1nccs1)C1CCCN1C(=O)c1csnn1. The molecule has 2 amide bonds. The van der Waals surface area contributed by atoms with Gasteiger partial charge < -0.3 is 10.2 Å². The number of hydrogen-bond acceptors (Lipinski definition) is 7. The molecule has 2 aromatic rings. The summed E-state index contributed by atoms with van der Waals surface area (Å²) in [5.41, 5.74) is 0.295. The largest absolute Gasteiger partial charge is 0.325 e. The van der Waals surface area contributed by atoms with E-state index < -0.39 is 6.04 Å². The van der Waals surface area contributed by atoms with Crippen LogP contribution in [0.3, 0.4) is 0 Å². The van der Waals surface area contributed by atoms with E-state index in [2.05, 4.69) is 19.9 Å². The minimum Gasteiger partial charge on any atom is -0.325 e. The number of nitrogens with one attached hydrogen (secondary N) is 1. The average Bonchev–Trinajstić information content (AvgIpc) is 3.19. The van der Waals surface area contributed by atoms with E-state index in [0.717, 1.165) is 18.0 Å². The quantitative estimate of drug-likeness (QED) is 0.921. The Labute approximate surface area is 122 Å². The first kappa shape index (κ1) is 13.1. The monoisotopic (exact) mass is 309 g/mol. The molecule has 7 nitrogen and oxygen atoms in total. The van der Waals surface area contributed by atoms with Gasteiger partial charge in [-0.1, -0.05) is 4.49 Å². The Morgan fingerprint density at radius 1 is 1.45 bits per heavy atom. The number of rotatable bonds is 3. The highest BCUT2D eigenvalue weighted by Crippen LogP contribution is 2.22. The molecule has 1 atom stereocenters. The molecule has 0 aromatic carbocycles. The molecule has 104 valence electrons. The van der Waals surface area contributed by atoms with E-state index in [9.17, 15) is 9.59 Å². The Hall–Kier alpha value is -1.87. The van der Waals surface area contributed by atoms with Crippen molar-refractivity contribution in [2.75, 3.05) is 11.9 Å². The van der Waals surface area contributed by atoms with Crippen molar-refractivity contribution in [3.8, 4) is 0 Å². The smallest absolute Gasteiger partial charge is 0.275 e. The lowest BCUT2D eigenvalue weighted by Gasteiger charge is -2.22. The molecule has 2 aromatic heterocycles. The minimum absolute atomic E-state index is 0.200. The summed E-state index contributed by atoms with van der Waals surface area (Å²) in [7, 11) is 0. The number of nitrogens with zero attached hydrogens (tertiary/aromatic N) is 4. The average molecular weight is 309 g/mol. The number of aromatic nitrogens is 3. The fraction of sp³-hybridized carbons (Fsp3) is 0.364. The van der Waals surface area contributed by atoms with Crippen molar-refractivity contribution in [3.05, 3.63) is 22.7 Å². The van der Waals surface area contributed by atoms with Crippen LogP contribution >= 0.6 is 22.9 Å². The highest BCUT2D eigenvalue weighted by molar-refractivity contribution is 7.13. The third-order valence-corrected chi connectivity index (χ3v) is 4.25. The molecule has 1 fully saturated rings. The summed E-state index contributed by atoms with van der Waals surface area (Å²) in [6.07, 6.45) is 3.08. The predicted octanol–water partition coefficient (Wildman–Crippen LogP) is 1.24. The standard InChI is InChI=1S/C11H11N5O2S2/c17-9(13-11-12-3-5-19-11)8-2-1-4-16(8)10(18)7-6-20-15-14-7/h3,5-6,8H,1-2,4H2,(H,12,13,17). The lowest BCUT2D eigenvalue weighted by atomic mass is 10.2. The first-order chi connectivity index (χ1) is 9.75. The third-order valence-electron chi connectivity index (χ3n) is 3.06. The van der Waals surface area contributed by atoms with Crippen LogP contribution in [0, 0.1) is 0 Å². The van der Waals surface area contributed by atoms with E-state index >= 15 is 0 Å². The van der Waals surface area contributed by atoms with Gasteiger partial charge in [-0.25, -0.2) is 4.98 Å². The number of thiazole rings is 1. The van der Waals surface area contributed by atoms with Gasteiger partial charge in [0.2, 0.25) is 5.91 Å². The van der Waals surface area contributed by atoms with Crippen LogP contribution < -0.4 is 5.32 Å². The summed E-state index contributed by atoms with van der Waals surface area (Å²) in [6.45, 7) is 0.562. The highest BCUT2D eigenvalue weighted by Gasteiger charge is 2.35. The normalized spacial score (nSPS) is 18.2. The molecular weight excluding hydrogens is 298 g/mol. The van der Waals surface area contributed by atoms with Gasteiger partial charge in [0, 0.05) is 23.5 Å². The predicted molar refractivity (Wildman–Crippen MR) is 74.7 cm³/mol. The second-order valence-corrected chi connectivity index (χ2v) is 5.78. The van der Waals surface area contributed by atoms with E-state index in [1.165, 1.54) is 11.3 Å². The Morgan fingerprint density at radius 2 is 2.35 bits per heavy atom. The van der Waals surface area contributed by atoms with E-state index in [1.807, 2.05) is 0 Å². The molecular formula is C11H11N5O2S2. The fourth-order valence-electron chi connectivity index (χ4n) is 2.16. The first-order valence-corrected chi connectivity index (χ1v) is 7.75. The van der Waals surface area contributed by atoms with Gasteiger partial charge in [-0.3, -0.25) is 9.59 Å². The molecule has 1 N–H and O–H groups in total. The molecule has 1 aliphatic heterocycles. The number of amides is 2. The van der Waals surface area contributed by atoms with Gasteiger partial charge in [-0.2, -0.15) is 0 Å². The van der Waals surface area contributed by atoms with E-state index in [-0.39, 0.29) is 11.8 Å². The van der Waals surface area contributed by atoms with Crippen molar-refractivity contribution < 1.29 is 9.59 Å². The maximum atomic E-state index is 12.3. The lowest BCUT2D eigenvalue weighted by molar-refractivity contribution is -0.119. The van der Waals surface area contributed by atoms with Crippen molar-refractivity contribution in [3.63, 3.8) is 0 Å². The summed E-state index contributed by atoms with van der Waals surface area (Å²) in [6, 6.07) is -0.465. The van der Waals surface area contributed by atoms with Crippen LogP contribution in [0.1, 0.15) is 23.3 Å². The van der Waals surface area contributed by atoms with Gasteiger partial charge in [-0.15, -0.1) is 16.4 Å². The molecule has 3 rings (SSSR count). The fourth-order valence-corrected chi connectivity index (χ4v) is 3.12. The van der Waals surface area contributed by atoms with Gasteiger partial charge in [0.05, 0.1) is 0 Å². The molecule has 20 heavy (non-hydrogen) atoms. The number of carbonyl (C=O) groups is 2. The van der Waals surface area contributed by atoms with Crippen molar-refractivity contribution >= 4 is 39.8 Å². The van der Waals surface area contributed by atoms with Crippen molar-refractivity contribution in [1.82, 2.24) is 19.5 Å². The number of carbonyl (C=O) groups excluding carboxylic acids is 2. The van der Waals surface area contributed by atoms with Crippen LogP contribution in [0.4, 0.5) is 5.13 Å². The molecule has 0 spiro atoms. The number of likely N-dealkylation sites (tertiary alicyclic amines) is 1. The second kappa shape index (κ2) is 5.63. The van der Waals surface area contributed by atoms with Gasteiger partial charge in [-0.05, 0) is 24.4 Å². The summed E-state index contributed by atoms with van der Waals surface area (Å²) in [5, 5.41) is 10.4. The third kappa shape index (κ3) is 2.54. The van der Waals surface area contributed by atoms with Crippen molar-refractivity contribution in [2.24, 2.45) is 0 Å². The Bertz CT molecular complexity index is 598. The van der Waals surface area contributed by atoms with Gasteiger partial charge in [0.1, 0.15) is 6.04 Å². The molecule has 0 bridgehead atoms. The van der Waals surface area contributed by atoms with Crippen LogP contribution in [0.15, 0.2) is 17.0 Å². The Kier molecular flexibility index (Phi) is 3.70. The van der Waals surface area contributed by atoms with Gasteiger partial charge in [0.25, 0.3) is 5.91 Å². The molecule has 0 saturated carbocycles. The van der Waals surface area contributed by atoms with E-state index in [4.69, 9.17) is 0 Å². The molecule has 3 heterocycles. The molecule has 1 unspecified atom stereocenters. The maximum Gasteiger partial charge on any atom is 0.275 e. The van der Waals surface area contributed by atoms with Crippen molar-refractivity contribution in [2.45, 2.75) is 18.9 Å². The Morgan fingerprint density at radius 3 is 3.05 bits per heavy atom.